The fraction of sp³-hybridized carbons (Fsp3) is 0.389. The molecule has 6 rings (SSSR count). The SMILES string of the molecule is O=C1C2C3C=CC(C4CC34)C2C(=O)N1/N=C/c1ccccc1Cl. The molecule has 0 spiro atoms. The van der Waals surface area contributed by atoms with Crippen molar-refractivity contribution >= 4 is 29.6 Å². The van der Waals surface area contributed by atoms with Crippen molar-refractivity contribution in [2.45, 2.75) is 6.42 Å². The fourth-order valence-electron chi connectivity index (χ4n) is 4.75. The quantitative estimate of drug-likeness (QED) is 0.476. The molecule has 5 heteroatoms. The molecule has 2 saturated carbocycles. The molecule has 4 nitrogen and oxygen atoms in total. The Hall–Kier alpha value is -1.94. The zero-order chi connectivity index (χ0) is 15.7. The van der Waals surface area contributed by atoms with Gasteiger partial charge in [-0.05, 0) is 36.2 Å². The predicted octanol–water partition coefficient (Wildman–Crippen LogP) is 2.73. The van der Waals surface area contributed by atoms with E-state index in [1.165, 1.54) is 12.6 Å². The summed E-state index contributed by atoms with van der Waals surface area (Å²) in [6.07, 6.45) is 6.99. The standard InChI is InChI=1S/C18H15ClN2O2/c19-14-4-2-1-3-9(14)8-20-21-17(22)15-10-5-6-11(13-7-12(10)13)16(15)18(21)23/h1-6,8,10-13,15-16H,7H2/b20-8+. The van der Waals surface area contributed by atoms with Crippen LogP contribution in [0.3, 0.4) is 0 Å². The Morgan fingerprint density at radius 2 is 1.65 bits per heavy atom. The topological polar surface area (TPSA) is 49.7 Å². The van der Waals surface area contributed by atoms with Gasteiger partial charge in [0, 0.05) is 10.6 Å². The first-order valence-corrected chi connectivity index (χ1v) is 8.39. The van der Waals surface area contributed by atoms with Gasteiger partial charge in [0.1, 0.15) is 0 Å². The number of imide groups is 1. The normalized spacial score (nSPS) is 40.0. The highest BCUT2D eigenvalue weighted by Crippen LogP contribution is 2.65. The number of hydrazone groups is 1. The number of hydrogen-bond acceptors (Lipinski definition) is 3. The number of carbonyl (C=O) groups excluding carboxylic acids is 2. The summed E-state index contributed by atoms with van der Waals surface area (Å²) in [7, 11) is 0. The van der Waals surface area contributed by atoms with Crippen molar-refractivity contribution in [2.24, 2.45) is 40.6 Å². The van der Waals surface area contributed by atoms with Gasteiger partial charge in [0.15, 0.2) is 0 Å². The lowest BCUT2D eigenvalue weighted by atomic mass is 9.63. The Morgan fingerprint density at radius 3 is 2.26 bits per heavy atom. The third-order valence-electron chi connectivity index (χ3n) is 5.86. The summed E-state index contributed by atoms with van der Waals surface area (Å²) in [6.45, 7) is 0. The van der Waals surface area contributed by atoms with Crippen molar-refractivity contribution in [2.75, 3.05) is 0 Å². The number of carbonyl (C=O) groups is 2. The number of allylic oxidation sites excluding steroid dienone is 2. The van der Waals surface area contributed by atoms with Crippen LogP contribution in [0.1, 0.15) is 12.0 Å². The molecule has 6 unspecified atom stereocenters. The molecule has 2 amide bonds. The molecule has 23 heavy (non-hydrogen) atoms. The molecule has 4 aliphatic carbocycles. The van der Waals surface area contributed by atoms with Crippen molar-refractivity contribution in [1.82, 2.24) is 5.01 Å². The lowest BCUT2D eigenvalue weighted by Gasteiger charge is -2.37. The molecule has 6 atom stereocenters. The average molecular weight is 327 g/mol. The third-order valence-corrected chi connectivity index (χ3v) is 6.20. The summed E-state index contributed by atoms with van der Waals surface area (Å²) < 4.78 is 0. The van der Waals surface area contributed by atoms with Crippen molar-refractivity contribution in [1.29, 1.82) is 0 Å². The van der Waals surface area contributed by atoms with Gasteiger partial charge < -0.3 is 0 Å². The summed E-state index contributed by atoms with van der Waals surface area (Å²) in [4.78, 5) is 25.5. The minimum Gasteiger partial charge on any atom is -0.272 e. The van der Waals surface area contributed by atoms with E-state index in [1.54, 1.807) is 6.07 Å². The highest BCUT2D eigenvalue weighted by molar-refractivity contribution is 6.33. The number of hydrogen-bond donors (Lipinski definition) is 0. The molecule has 2 bridgehead atoms. The molecule has 0 aromatic heterocycles. The minimum absolute atomic E-state index is 0.145. The number of rotatable bonds is 2. The molecule has 116 valence electrons. The van der Waals surface area contributed by atoms with Crippen LogP contribution in [0, 0.1) is 35.5 Å². The smallest absolute Gasteiger partial charge is 0.254 e. The number of halogens is 1. The Morgan fingerprint density at radius 1 is 1.04 bits per heavy atom. The van der Waals surface area contributed by atoms with Gasteiger partial charge >= 0.3 is 0 Å². The van der Waals surface area contributed by atoms with Crippen LogP contribution in [0.15, 0.2) is 41.5 Å². The predicted molar refractivity (Wildman–Crippen MR) is 85.6 cm³/mol. The van der Waals surface area contributed by atoms with Gasteiger partial charge in [-0.15, -0.1) is 0 Å². The third kappa shape index (κ3) is 1.75. The second-order valence-corrected chi connectivity index (χ2v) is 7.32. The van der Waals surface area contributed by atoms with Crippen LogP contribution in [0.5, 0.6) is 0 Å². The zero-order valence-corrected chi connectivity index (χ0v) is 13.1. The maximum atomic E-state index is 12.7. The maximum Gasteiger partial charge on any atom is 0.254 e. The molecule has 0 radical (unpaired) electrons. The molecular formula is C18H15ClN2O2. The molecule has 3 fully saturated rings. The van der Waals surface area contributed by atoms with Gasteiger partial charge in [-0.1, -0.05) is 42.0 Å². The molecule has 1 saturated heterocycles. The minimum atomic E-state index is -0.204. The van der Waals surface area contributed by atoms with Crippen molar-refractivity contribution < 1.29 is 9.59 Å². The van der Waals surface area contributed by atoms with Crippen LogP contribution in [-0.2, 0) is 9.59 Å². The maximum absolute atomic E-state index is 12.7. The highest BCUT2D eigenvalue weighted by atomic mass is 35.5. The van der Waals surface area contributed by atoms with Gasteiger partial charge in [0.05, 0.1) is 18.1 Å². The van der Waals surface area contributed by atoms with Crippen LogP contribution in [0.4, 0.5) is 0 Å². The number of benzene rings is 1. The largest absolute Gasteiger partial charge is 0.272 e. The van der Waals surface area contributed by atoms with Crippen LogP contribution in [0.2, 0.25) is 5.02 Å². The van der Waals surface area contributed by atoms with Gasteiger partial charge in [0.25, 0.3) is 11.8 Å². The molecule has 1 aromatic rings. The van der Waals surface area contributed by atoms with Gasteiger partial charge in [-0.3, -0.25) is 9.59 Å². The van der Waals surface area contributed by atoms with Crippen LogP contribution >= 0.6 is 11.6 Å². The number of nitrogens with zero attached hydrogens (tertiary/aromatic N) is 2. The van der Waals surface area contributed by atoms with Crippen LogP contribution in [-0.4, -0.2) is 23.0 Å². The zero-order valence-electron chi connectivity index (χ0n) is 12.3. The average Bonchev–Trinajstić information content (AvgIpc) is 3.33. The van der Waals surface area contributed by atoms with Gasteiger partial charge in [-0.2, -0.15) is 10.1 Å². The van der Waals surface area contributed by atoms with E-state index in [0.29, 0.717) is 22.4 Å². The van der Waals surface area contributed by atoms with E-state index in [1.807, 2.05) is 18.2 Å². The van der Waals surface area contributed by atoms with E-state index in [0.717, 1.165) is 5.01 Å². The molecule has 1 heterocycles. The van der Waals surface area contributed by atoms with Crippen molar-refractivity contribution in [3.63, 3.8) is 0 Å². The lowest BCUT2D eigenvalue weighted by Crippen LogP contribution is -2.40. The van der Waals surface area contributed by atoms with E-state index >= 15 is 0 Å². The van der Waals surface area contributed by atoms with E-state index in [2.05, 4.69) is 17.3 Å². The Bertz CT molecular complexity index is 751. The summed E-state index contributed by atoms with van der Waals surface area (Å²) in [5.41, 5.74) is 0.702. The van der Waals surface area contributed by atoms with E-state index in [4.69, 9.17) is 11.6 Å². The van der Waals surface area contributed by atoms with E-state index < -0.39 is 0 Å². The van der Waals surface area contributed by atoms with Crippen LogP contribution < -0.4 is 0 Å². The van der Waals surface area contributed by atoms with Gasteiger partial charge in [0.2, 0.25) is 0 Å². The number of amides is 2. The summed E-state index contributed by atoms with van der Waals surface area (Å²) >= 11 is 6.10. The molecule has 0 N–H and O–H groups in total. The molecule has 5 aliphatic rings. The van der Waals surface area contributed by atoms with Crippen molar-refractivity contribution in [3.05, 3.63) is 47.0 Å². The van der Waals surface area contributed by atoms with Crippen molar-refractivity contribution in [3.8, 4) is 0 Å². The summed E-state index contributed by atoms with van der Waals surface area (Å²) in [6, 6.07) is 7.24. The van der Waals surface area contributed by atoms with E-state index in [9.17, 15) is 9.59 Å². The first kappa shape index (κ1) is 13.5. The van der Waals surface area contributed by atoms with E-state index in [-0.39, 0.29) is 35.5 Å². The second-order valence-electron chi connectivity index (χ2n) is 6.91. The Labute approximate surface area is 138 Å². The summed E-state index contributed by atoms with van der Waals surface area (Å²) in [5, 5.41) is 5.81. The second kappa shape index (κ2) is 4.54. The molecule has 1 aliphatic heterocycles. The fourth-order valence-corrected chi connectivity index (χ4v) is 4.94. The highest BCUT2D eigenvalue weighted by Gasteiger charge is 2.67. The molecule has 1 aromatic carbocycles. The monoisotopic (exact) mass is 326 g/mol. The lowest BCUT2D eigenvalue weighted by molar-refractivity contribution is -0.140. The Balaban J connectivity index is 1.47. The first-order chi connectivity index (χ1) is 11.2. The Kier molecular flexibility index (Phi) is 2.66. The van der Waals surface area contributed by atoms with Gasteiger partial charge in [-0.25, -0.2) is 0 Å². The first-order valence-electron chi connectivity index (χ1n) is 8.01. The van der Waals surface area contributed by atoms with Crippen LogP contribution in [0.25, 0.3) is 0 Å². The molecular weight excluding hydrogens is 312 g/mol. The summed E-state index contributed by atoms with van der Waals surface area (Å²) in [5.74, 6) is 0.972.